The molecule has 9 nitrogen and oxygen atoms in total. The fraction of sp³-hybridized carbons (Fsp3) is 0.840. The molecule has 0 bridgehead atoms. The molecule has 1 unspecified atom stereocenters. The van der Waals surface area contributed by atoms with Crippen molar-refractivity contribution in [2.45, 2.75) is 225 Å². The second-order valence-corrected chi connectivity index (χ2v) is 19.2. The second kappa shape index (κ2) is 42.5. The number of carbonyl (C=O) groups is 2. The van der Waals surface area contributed by atoms with Gasteiger partial charge in [-0.05, 0) is 44.9 Å². The Balaban J connectivity index is 4.33. The molecule has 0 aliphatic carbocycles. The Morgan fingerprint density at radius 2 is 0.917 bits per heavy atom. The summed E-state index contributed by atoms with van der Waals surface area (Å²) in [5, 5.41) is 0. The van der Waals surface area contributed by atoms with Crippen LogP contribution in [0.25, 0.3) is 0 Å². The molecule has 0 spiro atoms. The summed E-state index contributed by atoms with van der Waals surface area (Å²) >= 11 is 0. The Kier molecular flexibility index (Phi) is 41.3. The molecule has 10 heteroatoms. The first-order chi connectivity index (χ1) is 29.0. The van der Waals surface area contributed by atoms with Gasteiger partial charge >= 0.3 is 11.9 Å². The minimum absolute atomic E-state index is 0.0371. The van der Waals surface area contributed by atoms with E-state index in [1.165, 1.54) is 135 Å². The van der Waals surface area contributed by atoms with E-state index in [1.54, 1.807) is 0 Å². The number of hydrogen-bond donors (Lipinski definition) is 0. The van der Waals surface area contributed by atoms with Crippen LogP contribution in [0, 0.1) is 0 Å². The normalized spacial score (nSPS) is 13.8. The van der Waals surface area contributed by atoms with E-state index in [1.807, 2.05) is 21.1 Å². The average molecular weight is 868 g/mol. The number of ether oxygens (including phenoxy) is 2. The molecular formula is C50H94NO8P. The Morgan fingerprint density at radius 1 is 0.517 bits per heavy atom. The summed E-state index contributed by atoms with van der Waals surface area (Å²) in [6.07, 6.45) is 49.0. The van der Waals surface area contributed by atoms with Gasteiger partial charge in [0, 0.05) is 12.8 Å². The van der Waals surface area contributed by atoms with Crippen LogP contribution in [0.15, 0.2) is 36.5 Å². The van der Waals surface area contributed by atoms with Crippen LogP contribution >= 0.6 is 7.82 Å². The molecule has 0 aliphatic rings. The average Bonchev–Trinajstić information content (AvgIpc) is 3.20. The molecule has 60 heavy (non-hydrogen) atoms. The van der Waals surface area contributed by atoms with E-state index >= 15 is 0 Å². The van der Waals surface area contributed by atoms with Crippen molar-refractivity contribution in [3.63, 3.8) is 0 Å². The number of phosphoric acid groups is 1. The van der Waals surface area contributed by atoms with Gasteiger partial charge in [0.05, 0.1) is 27.7 Å². The molecular weight excluding hydrogens is 774 g/mol. The molecule has 0 heterocycles. The first-order valence-electron chi connectivity index (χ1n) is 24.7. The molecule has 0 saturated heterocycles. The third-order valence-electron chi connectivity index (χ3n) is 10.7. The Bertz CT molecular complexity index is 1120. The lowest BCUT2D eigenvalue weighted by Gasteiger charge is -2.28. The maximum absolute atomic E-state index is 12.7. The number of unbranched alkanes of at least 4 members (excludes halogenated alkanes) is 25. The van der Waals surface area contributed by atoms with Gasteiger partial charge in [0.25, 0.3) is 7.82 Å². The van der Waals surface area contributed by atoms with E-state index in [4.69, 9.17) is 18.5 Å². The Morgan fingerprint density at radius 3 is 1.38 bits per heavy atom. The summed E-state index contributed by atoms with van der Waals surface area (Å²) in [6.45, 7) is 4.19. The molecule has 2 atom stereocenters. The number of phosphoric ester groups is 1. The fourth-order valence-corrected chi connectivity index (χ4v) is 7.52. The lowest BCUT2D eigenvalue weighted by Crippen LogP contribution is -2.37. The Hall–Kier alpha value is -1.77. The maximum Gasteiger partial charge on any atom is 0.306 e. The number of allylic oxidation sites excluding steroid dienone is 6. The lowest BCUT2D eigenvalue weighted by atomic mass is 10.0. The highest BCUT2D eigenvalue weighted by atomic mass is 31.2. The molecule has 0 aromatic rings. The standard InChI is InChI=1S/C50H94NO8P/c1-6-8-10-12-14-16-18-20-22-24-25-27-29-31-33-35-37-39-41-43-50(53)59-48(47-58-60(54,55)57-45-44-51(3,4)5)46-56-49(52)42-40-38-36-34-32-30-28-26-23-21-19-17-15-13-11-9-7-2/h21,23,28,30,34,36,48H,6-20,22,24-27,29,31-33,35,37-47H2,1-5H3/b23-21+,30-28+,36-34+/t48-/m1/s1. The third-order valence-corrected chi connectivity index (χ3v) is 11.6. The topological polar surface area (TPSA) is 111 Å². The highest BCUT2D eigenvalue weighted by Crippen LogP contribution is 2.38. The van der Waals surface area contributed by atoms with Crippen LogP contribution in [0.2, 0.25) is 0 Å². The predicted molar refractivity (Wildman–Crippen MR) is 250 cm³/mol. The molecule has 0 N–H and O–H groups in total. The molecule has 352 valence electrons. The summed E-state index contributed by atoms with van der Waals surface area (Å²) in [5.74, 6) is -0.887. The first-order valence-corrected chi connectivity index (χ1v) is 26.2. The van der Waals surface area contributed by atoms with Crippen molar-refractivity contribution in [1.82, 2.24) is 0 Å². The zero-order chi connectivity index (χ0) is 44.3. The SMILES string of the molecule is CCCCCCCC/C=C/C/C=C/C/C=C/CCCC(=O)OC[C@H](COP(=O)([O-])OCC[N+](C)(C)C)OC(=O)CCCCCCCCCCCCCCCCCCCCC. The minimum atomic E-state index is -4.64. The smallest absolute Gasteiger partial charge is 0.306 e. The summed E-state index contributed by atoms with van der Waals surface area (Å²) in [5.41, 5.74) is 0. The highest BCUT2D eigenvalue weighted by molar-refractivity contribution is 7.45. The van der Waals surface area contributed by atoms with Crippen molar-refractivity contribution >= 4 is 19.8 Å². The van der Waals surface area contributed by atoms with Gasteiger partial charge in [-0.2, -0.15) is 0 Å². The predicted octanol–water partition coefficient (Wildman–Crippen LogP) is 13.8. The molecule has 0 aromatic carbocycles. The van der Waals surface area contributed by atoms with Crippen LogP contribution in [0.3, 0.4) is 0 Å². The zero-order valence-electron chi connectivity index (χ0n) is 39.7. The van der Waals surface area contributed by atoms with Crippen LogP contribution in [0.4, 0.5) is 0 Å². The van der Waals surface area contributed by atoms with E-state index in [0.717, 1.165) is 44.9 Å². The van der Waals surface area contributed by atoms with Crippen LogP contribution in [-0.2, 0) is 32.7 Å². The summed E-state index contributed by atoms with van der Waals surface area (Å²) in [7, 11) is 1.15. The van der Waals surface area contributed by atoms with Crippen molar-refractivity contribution in [2.75, 3.05) is 47.5 Å². The number of esters is 2. The van der Waals surface area contributed by atoms with Gasteiger partial charge in [-0.25, -0.2) is 0 Å². The van der Waals surface area contributed by atoms with Gasteiger partial charge in [0.2, 0.25) is 0 Å². The van der Waals surface area contributed by atoms with Gasteiger partial charge < -0.3 is 27.9 Å². The van der Waals surface area contributed by atoms with Gasteiger partial charge in [-0.15, -0.1) is 0 Å². The fourth-order valence-electron chi connectivity index (χ4n) is 6.79. The maximum atomic E-state index is 12.7. The molecule has 0 amide bonds. The number of rotatable bonds is 45. The van der Waals surface area contributed by atoms with E-state index in [-0.39, 0.29) is 26.1 Å². The number of likely N-dealkylation sites (N-methyl/N-ethyl adjacent to an activating group) is 1. The molecule has 0 fully saturated rings. The molecule has 0 saturated carbocycles. The molecule has 0 aromatic heterocycles. The number of quaternary nitrogens is 1. The molecule has 0 rings (SSSR count). The van der Waals surface area contributed by atoms with E-state index in [9.17, 15) is 19.0 Å². The van der Waals surface area contributed by atoms with Crippen LogP contribution < -0.4 is 4.89 Å². The zero-order valence-corrected chi connectivity index (χ0v) is 40.6. The van der Waals surface area contributed by atoms with Crippen molar-refractivity contribution in [1.29, 1.82) is 0 Å². The number of nitrogens with zero attached hydrogens (tertiary/aromatic N) is 1. The Labute approximate surface area is 370 Å². The number of carbonyl (C=O) groups excluding carboxylic acids is 2. The summed E-state index contributed by atoms with van der Waals surface area (Å²) in [6, 6.07) is 0. The van der Waals surface area contributed by atoms with Crippen LogP contribution in [0.5, 0.6) is 0 Å². The van der Waals surface area contributed by atoms with E-state index in [0.29, 0.717) is 23.9 Å². The minimum Gasteiger partial charge on any atom is -0.756 e. The third kappa shape index (κ3) is 45.7. The quantitative estimate of drug-likeness (QED) is 0.0196. The van der Waals surface area contributed by atoms with E-state index < -0.39 is 32.5 Å². The van der Waals surface area contributed by atoms with Crippen molar-refractivity contribution < 1.29 is 42.1 Å². The van der Waals surface area contributed by atoms with Crippen molar-refractivity contribution in [2.24, 2.45) is 0 Å². The van der Waals surface area contributed by atoms with Crippen LogP contribution in [0.1, 0.15) is 219 Å². The summed E-state index contributed by atoms with van der Waals surface area (Å²) in [4.78, 5) is 37.6. The van der Waals surface area contributed by atoms with Crippen molar-refractivity contribution in [3.8, 4) is 0 Å². The first kappa shape index (κ1) is 58.2. The second-order valence-electron chi connectivity index (χ2n) is 17.8. The number of hydrogen-bond acceptors (Lipinski definition) is 8. The summed E-state index contributed by atoms with van der Waals surface area (Å²) < 4.78 is 33.9. The van der Waals surface area contributed by atoms with Gasteiger partial charge in [0.15, 0.2) is 6.10 Å². The lowest BCUT2D eigenvalue weighted by molar-refractivity contribution is -0.870. The van der Waals surface area contributed by atoms with Crippen molar-refractivity contribution in [3.05, 3.63) is 36.5 Å². The van der Waals surface area contributed by atoms with Gasteiger partial charge in [0.1, 0.15) is 19.8 Å². The largest absolute Gasteiger partial charge is 0.756 e. The highest BCUT2D eigenvalue weighted by Gasteiger charge is 2.21. The van der Waals surface area contributed by atoms with Gasteiger partial charge in [-0.1, -0.05) is 198 Å². The molecule has 0 aliphatic heterocycles. The van der Waals surface area contributed by atoms with E-state index in [2.05, 4.69) is 50.3 Å². The van der Waals surface area contributed by atoms with Crippen LogP contribution in [-0.4, -0.2) is 70.0 Å². The van der Waals surface area contributed by atoms with Gasteiger partial charge in [-0.3, -0.25) is 14.2 Å². The molecule has 0 radical (unpaired) electrons. The monoisotopic (exact) mass is 868 g/mol.